The number of thiazole rings is 1. The number of imide groups is 2. The van der Waals surface area contributed by atoms with Gasteiger partial charge in [-0.05, 0) is 122 Å². The molecule has 5 aliphatic rings. The lowest BCUT2D eigenvalue weighted by Gasteiger charge is -2.37. The van der Waals surface area contributed by atoms with Gasteiger partial charge in [0.05, 0.1) is 40.2 Å². The molecule has 3 fully saturated rings. The van der Waals surface area contributed by atoms with E-state index in [2.05, 4.69) is 20.5 Å². The Kier molecular flexibility index (Phi) is 13.8. The van der Waals surface area contributed by atoms with Crippen LogP contribution in [0.25, 0.3) is 21.3 Å². The summed E-state index contributed by atoms with van der Waals surface area (Å²) in [5.74, 6) is -3.27. The van der Waals surface area contributed by atoms with Crippen molar-refractivity contribution in [2.45, 2.75) is 58.0 Å². The van der Waals surface area contributed by atoms with Crippen molar-refractivity contribution in [2.24, 2.45) is 5.92 Å². The lowest BCUT2D eigenvalue weighted by Crippen LogP contribution is -2.54. The highest BCUT2D eigenvalue weighted by molar-refractivity contribution is 7.22. The van der Waals surface area contributed by atoms with Gasteiger partial charge in [-0.3, -0.25) is 49.2 Å². The summed E-state index contributed by atoms with van der Waals surface area (Å²) in [7, 11) is 0. The van der Waals surface area contributed by atoms with E-state index in [9.17, 15) is 38.7 Å². The molecule has 0 saturated carbocycles. The van der Waals surface area contributed by atoms with Crippen LogP contribution in [0, 0.1) is 18.7 Å². The molecule has 5 aliphatic heterocycles. The van der Waals surface area contributed by atoms with Crippen LogP contribution in [0.2, 0.25) is 0 Å². The summed E-state index contributed by atoms with van der Waals surface area (Å²) in [6.07, 6.45) is 3.27. The zero-order valence-corrected chi connectivity index (χ0v) is 42.5. The van der Waals surface area contributed by atoms with Gasteiger partial charge < -0.3 is 24.5 Å². The third-order valence-electron chi connectivity index (χ3n) is 15.2. The van der Waals surface area contributed by atoms with Crippen molar-refractivity contribution < 1.29 is 47.8 Å². The number of rotatable bonds is 14. The van der Waals surface area contributed by atoms with E-state index < -0.39 is 41.5 Å². The SMILES string of the molecule is Cc1c(OCCCC2CCN(CC(=O)N3CCN(c4cc5c(cc4F)C(=O)N(C4CCC(=O)NC4=O)C5=O)CC3)C2)cccc1-c1ccc(N2CCc3cccc(C(=O)Nc4nc5ccccc5s4)c3C2)nc1C(=O)O. The second kappa shape index (κ2) is 20.9. The van der Waals surface area contributed by atoms with E-state index in [1.54, 1.807) is 21.9 Å². The molecule has 4 aromatic carbocycles. The predicted molar refractivity (Wildman–Crippen MR) is 281 cm³/mol. The average molecular weight is 1050 g/mol. The Hall–Kier alpha value is -8.10. The van der Waals surface area contributed by atoms with Crippen molar-refractivity contribution in [1.29, 1.82) is 0 Å². The molecule has 0 aliphatic carbocycles. The van der Waals surface area contributed by atoms with Gasteiger partial charge in [-0.15, -0.1) is 0 Å². The summed E-state index contributed by atoms with van der Waals surface area (Å²) < 4.78 is 22.8. The maximum atomic E-state index is 15.5. The van der Waals surface area contributed by atoms with Gasteiger partial charge in [-0.1, -0.05) is 47.7 Å². The number of aromatic nitrogens is 2. The van der Waals surface area contributed by atoms with E-state index in [1.807, 2.05) is 72.5 Å². The molecule has 6 aromatic rings. The fourth-order valence-corrected chi connectivity index (χ4v) is 12.1. The molecule has 0 radical (unpaired) electrons. The number of piperazine rings is 1. The number of fused-ring (bicyclic) bond motifs is 3. The van der Waals surface area contributed by atoms with Gasteiger partial charge in [-0.2, -0.15) is 0 Å². The van der Waals surface area contributed by atoms with Crippen LogP contribution < -0.4 is 25.2 Å². The van der Waals surface area contributed by atoms with Gasteiger partial charge >= 0.3 is 5.97 Å². The largest absolute Gasteiger partial charge is 0.493 e. The molecule has 390 valence electrons. The number of piperidine rings is 1. The van der Waals surface area contributed by atoms with E-state index in [4.69, 9.17) is 9.72 Å². The van der Waals surface area contributed by atoms with Crippen LogP contribution in [-0.4, -0.2) is 136 Å². The molecule has 0 bridgehead atoms. The first-order chi connectivity index (χ1) is 36.8. The monoisotopic (exact) mass is 1050 g/mol. The third-order valence-corrected chi connectivity index (χ3v) is 16.2. The quantitative estimate of drug-likeness (QED) is 0.0780. The summed E-state index contributed by atoms with van der Waals surface area (Å²) in [4.78, 5) is 108. The highest BCUT2D eigenvalue weighted by Gasteiger charge is 2.45. The molecule has 3 N–H and O–H groups in total. The number of nitrogens with one attached hydrogen (secondary N) is 2. The Morgan fingerprint density at radius 1 is 0.829 bits per heavy atom. The lowest BCUT2D eigenvalue weighted by atomic mass is 9.94. The molecule has 11 rings (SSSR count). The summed E-state index contributed by atoms with van der Waals surface area (Å²) in [5, 5.41) is 16.1. The van der Waals surface area contributed by atoms with Gasteiger partial charge in [-0.25, -0.2) is 19.2 Å². The Labute approximate surface area is 440 Å². The zero-order chi connectivity index (χ0) is 52.8. The van der Waals surface area contributed by atoms with Crippen LogP contribution >= 0.6 is 11.3 Å². The van der Waals surface area contributed by atoms with Crippen LogP contribution in [0.3, 0.4) is 0 Å². The molecular weight excluding hydrogens is 994 g/mol. The number of amides is 6. The summed E-state index contributed by atoms with van der Waals surface area (Å²) >= 11 is 1.41. The molecular formula is C56H54FN9O9S. The number of anilines is 3. The zero-order valence-electron chi connectivity index (χ0n) is 41.7. The van der Waals surface area contributed by atoms with E-state index in [1.165, 1.54) is 17.4 Å². The van der Waals surface area contributed by atoms with E-state index in [0.717, 1.165) is 70.2 Å². The molecule has 0 spiro atoms. The summed E-state index contributed by atoms with van der Waals surface area (Å²) in [6.45, 7) is 6.52. The third kappa shape index (κ3) is 9.85. The number of pyridine rings is 1. The summed E-state index contributed by atoms with van der Waals surface area (Å²) in [5.41, 5.74) is 5.18. The minimum absolute atomic E-state index is 0.000329. The standard InChI is InChI=1S/C56H54FN9O9S/c1-32-35(36-14-16-47(59-50(36)55(73)74)65-21-19-34-8-4-10-37(40(34)30-65)51(69)61-56-58-42-11-2-3-13-46(42)76-56)9-5-12-45(32)75-26-6-7-33-18-20-62(29-33)31-49(68)64-24-22-63(23-25-64)44-28-39-38(27-41(44)57)53(71)66(54(39)72)43-15-17-48(67)60-52(43)70/h2-5,8-14,16,27-28,33,43H,6-7,15,17-26,29-31H2,1H3,(H,73,74)(H,58,61,69)(H,60,67,70). The number of ether oxygens (including phenoxy) is 1. The number of likely N-dealkylation sites (tertiary alicyclic amines) is 1. The number of hydrogen-bond acceptors (Lipinski definition) is 14. The van der Waals surface area contributed by atoms with Crippen LogP contribution in [0.1, 0.15) is 90.4 Å². The minimum Gasteiger partial charge on any atom is -0.493 e. The van der Waals surface area contributed by atoms with Crippen molar-refractivity contribution in [3.8, 4) is 16.9 Å². The fraction of sp³-hybridized carbons (Fsp3) is 0.339. The summed E-state index contributed by atoms with van der Waals surface area (Å²) in [6, 6.07) is 23.9. The first-order valence-corrected chi connectivity index (χ1v) is 26.4. The number of halogens is 1. The number of carboxylic acid groups (broad SMARTS) is 1. The molecule has 2 unspecified atom stereocenters. The number of aromatic carboxylic acids is 1. The first-order valence-electron chi connectivity index (χ1n) is 25.6. The number of para-hydroxylation sites is 1. The van der Waals surface area contributed by atoms with Gasteiger partial charge in [0.15, 0.2) is 10.8 Å². The van der Waals surface area contributed by atoms with Crippen molar-refractivity contribution in [1.82, 2.24) is 30.0 Å². The van der Waals surface area contributed by atoms with E-state index in [-0.39, 0.29) is 53.7 Å². The van der Waals surface area contributed by atoms with Gasteiger partial charge in [0, 0.05) is 63.4 Å². The van der Waals surface area contributed by atoms with E-state index >= 15 is 4.39 Å². The molecule has 2 atom stereocenters. The maximum Gasteiger partial charge on any atom is 0.355 e. The predicted octanol–water partition coefficient (Wildman–Crippen LogP) is 6.55. The minimum atomic E-state index is -1.16. The van der Waals surface area contributed by atoms with Crippen molar-refractivity contribution in [3.63, 3.8) is 0 Å². The Morgan fingerprint density at radius 2 is 1.62 bits per heavy atom. The smallest absolute Gasteiger partial charge is 0.355 e. The average Bonchev–Trinajstić information content (AvgIpc) is 4.13. The molecule has 20 heteroatoms. The molecule has 3 saturated heterocycles. The number of nitrogens with zero attached hydrogens (tertiary/aromatic N) is 7. The highest BCUT2D eigenvalue weighted by atomic mass is 32.1. The molecule has 2 aromatic heterocycles. The Morgan fingerprint density at radius 3 is 2.41 bits per heavy atom. The normalized spacial score (nSPS) is 18.8. The maximum absolute atomic E-state index is 15.5. The van der Waals surface area contributed by atoms with Crippen LogP contribution in [0.15, 0.2) is 84.9 Å². The molecule has 76 heavy (non-hydrogen) atoms. The Balaban J connectivity index is 0.653. The Bertz CT molecular complexity index is 3340. The fourth-order valence-electron chi connectivity index (χ4n) is 11.2. The van der Waals surface area contributed by atoms with Crippen LogP contribution in [0.4, 0.5) is 21.0 Å². The number of carbonyl (C=O) groups is 7. The topological polar surface area (TPSA) is 215 Å². The number of carbonyl (C=O) groups excluding carboxylic acids is 6. The van der Waals surface area contributed by atoms with Crippen molar-refractivity contribution >= 4 is 79.6 Å². The second-order valence-corrected chi connectivity index (χ2v) is 20.9. The molecule has 6 amide bonds. The first kappa shape index (κ1) is 50.1. The lowest BCUT2D eigenvalue weighted by molar-refractivity contribution is -0.136. The van der Waals surface area contributed by atoms with E-state index in [0.29, 0.717) is 91.6 Å². The molecule has 18 nitrogen and oxygen atoms in total. The number of carboxylic acids is 1. The second-order valence-electron chi connectivity index (χ2n) is 19.9. The van der Waals surface area contributed by atoms with Crippen molar-refractivity contribution in [3.05, 3.63) is 130 Å². The van der Waals surface area contributed by atoms with Crippen molar-refractivity contribution in [2.75, 3.05) is 74.1 Å². The number of benzene rings is 4. The molecule has 7 heterocycles. The highest BCUT2D eigenvalue weighted by Crippen LogP contribution is 2.37. The van der Waals surface area contributed by atoms with Crippen LogP contribution in [0.5, 0.6) is 5.75 Å². The van der Waals surface area contributed by atoms with Gasteiger partial charge in [0.25, 0.3) is 17.7 Å². The van der Waals surface area contributed by atoms with Gasteiger partial charge in [0.1, 0.15) is 23.4 Å². The number of hydrogen-bond donors (Lipinski definition) is 3. The van der Waals surface area contributed by atoms with Crippen LogP contribution in [-0.2, 0) is 27.3 Å². The van der Waals surface area contributed by atoms with Gasteiger partial charge in [0.2, 0.25) is 17.7 Å².